The summed E-state index contributed by atoms with van der Waals surface area (Å²) in [6.07, 6.45) is 5.83. The maximum atomic E-state index is 8.18. The maximum absolute atomic E-state index is 8.18. The zero-order valence-corrected chi connectivity index (χ0v) is 10.8. The van der Waals surface area contributed by atoms with Crippen LogP contribution >= 0.6 is 0 Å². The molecule has 0 rings (SSSR count). The van der Waals surface area contributed by atoms with Gasteiger partial charge in [0.15, 0.2) is 0 Å². The summed E-state index contributed by atoms with van der Waals surface area (Å²) in [6, 6.07) is 2.15. The van der Waals surface area contributed by atoms with Gasteiger partial charge in [0.25, 0.3) is 0 Å². The summed E-state index contributed by atoms with van der Waals surface area (Å²) < 4.78 is 0. The molecule has 0 heterocycles. The molecule has 0 spiro atoms. The van der Waals surface area contributed by atoms with Crippen LogP contribution in [0.5, 0.6) is 0 Å². The maximum Gasteiger partial charge on any atom is -1.00 e. The van der Waals surface area contributed by atoms with E-state index in [-0.39, 0.29) is 17.0 Å². The minimum absolute atomic E-state index is 0. The normalized spacial score (nSPS) is 8.10. The Balaban J connectivity index is 0. The van der Waals surface area contributed by atoms with Gasteiger partial charge < -0.3 is 17.0 Å². The number of unbranched alkanes of at least 4 members (excludes halogenated alkanes) is 4. The Hall–Kier alpha value is 0.593. The van der Waals surface area contributed by atoms with Crippen molar-refractivity contribution in [2.75, 3.05) is 0 Å². The zero-order valence-electron chi connectivity index (χ0n) is 6.27. The fraction of sp³-hybridized carbons (Fsp3) is 0.857. The molecule has 0 bridgehead atoms. The second kappa shape index (κ2) is 12.3. The van der Waals surface area contributed by atoms with E-state index in [1.165, 1.54) is 42.6 Å². The van der Waals surface area contributed by atoms with Crippen LogP contribution in [0.15, 0.2) is 0 Å². The number of nitriles is 1. The van der Waals surface area contributed by atoms with Crippen molar-refractivity contribution in [1.29, 1.82) is 5.26 Å². The van der Waals surface area contributed by atoms with Crippen LogP contribution in [0.2, 0.25) is 5.02 Å². The summed E-state index contributed by atoms with van der Waals surface area (Å²) in [6.45, 7) is 0. The zero-order chi connectivity index (χ0) is 6.95. The van der Waals surface area contributed by atoms with Crippen molar-refractivity contribution in [3.05, 3.63) is 0 Å². The minimum Gasteiger partial charge on any atom is -1.00 e. The summed E-state index contributed by atoms with van der Waals surface area (Å²) >= 11 is 1.43. The summed E-state index contributed by atoms with van der Waals surface area (Å²) in [7, 11) is 0. The predicted molar refractivity (Wildman–Crippen MR) is 33.5 cm³/mol. The van der Waals surface area contributed by atoms with Gasteiger partial charge in [0.1, 0.15) is 0 Å². The van der Waals surface area contributed by atoms with Crippen molar-refractivity contribution in [2.24, 2.45) is 0 Å². The van der Waals surface area contributed by atoms with Gasteiger partial charge >= 0.3 is 66.8 Å². The number of hydrogen-bond acceptors (Lipinski definition) is 1. The molecular formula is C7H12BrNZn. The van der Waals surface area contributed by atoms with Crippen LogP contribution in [0.4, 0.5) is 0 Å². The van der Waals surface area contributed by atoms with Gasteiger partial charge in [0.05, 0.1) is 0 Å². The van der Waals surface area contributed by atoms with Gasteiger partial charge in [0, 0.05) is 0 Å². The van der Waals surface area contributed by atoms with Crippen molar-refractivity contribution in [3.8, 4) is 6.07 Å². The molecule has 0 saturated carbocycles. The van der Waals surface area contributed by atoms with Crippen LogP contribution in [0.1, 0.15) is 32.1 Å². The number of nitrogens with zero attached hydrogens (tertiary/aromatic N) is 1. The largest absolute Gasteiger partial charge is 1.00 e. The second-order valence-electron chi connectivity index (χ2n) is 2.18. The molecule has 0 saturated heterocycles. The molecule has 3 heteroatoms. The molecule has 0 amide bonds. The Kier molecular flexibility index (Phi) is 16.2. The van der Waals surface area contributed by atoms with E-state index in [0.717, 1.165) is 12.8 Å². The fourth-order valence-corrected chi connectivity index (χ4v) is 1.48. The third-order valence-corrected chi connectivity index (χ3v) is 2.34. The van der Waals surface area contributed by atoms with E-state index in [2.05, 4.69) is 6.07 Å². The van der Waals surface area contributed by atoms with Crippen molar-refractivity contribution in [1.82, 2.24) is 0 Å². The van der Waals surface area contributed by atoms with Gasteiger partial charge in [-0.25, -0.2) is 0 Å². The van der Waals surface area contributed by atoms with Gasteiger partial charge in [-0.1, -0.05) is 0 Å². The van der Waals surface area contributed by atoms with Gasteiger partial charge in [-0.15, -0.1) is 0 Å². The first-order valence-corrected chi connectivity index (χ1v) is 5.68. The average Bonchev–Trinajstić information content (AvgIpc) is 1.89. The SMILES string of the molecule is N#CCCCCC[CH2][Zn+].[Br-]. The number of halogens is 1. The van der Waals surface area contributed by atoms with Crippen molar-refractivity contribution < 1.29 is 35.3 Å². The Morgan fingerprint density at radius 2 is 1.70 bits per heavy atom. The molecule has 10 heavy (non-hydrogen) atoms. The minimum atomic E-state index is 0. The van der Waals surface area contributed by atoms with E-state index in [4.69, 9.17) is 5.26 Å². The Morgan fingerprint density at radius 1 is 1.10 bits per heavy atom. The van der Waals surface area contributed by atoms with Crippen molar-refractivity contribution in [2.45, 2.75) is 37.1 Å². The fourth-order valence-electron chi connectivity index (χ4n) is 0.734. The van der Waals surface area contributed by atoms with E-state index >= 15 is 0 Å². The van der Waals surface area contributed by atoms with Crippen LogP contribution in [0.25, 0.3) is 0 Å². The summed E-state index contributed by atoms with van der Waals surface area (Å²) in [5, 5.41) is 9.59. The van der Waals surface area contributed by atoms with Gasteiger partial charge in [-0.3, -0.25) is 0 Å². The van der Waals surface area contributed by atoms with E-state index in [1.807, 2.05) is 0 Å². The molecule has 0 fully saturated rings. The third kappa shape index (κ3) is 11.4. The summed E-state index contributed by atoms with van der Waals surface area (Å²) in [5.41, 5.74) is 0. The van der Waals surface area contributed by atoms with Crippen molar-refractivity contribution >= 4 is 0 Å². The second-order valence-corrected chi connectivity index (χ2v) is 3.66. The monoisotopic (exact) mass is 253 g/mol. The first-order chi connectivity index (χ1) is 4.41. The van der Waals surface area contributed by atoms with Gasteiger partial charge in [-0.05, 0) is 0 Å². The summed E-state index contributed by atoms with van der Waals surface area (Å²) in [4.78, 5) is 0. The topological polar surface area (TPSA) is 23.8 Å². The van der Waals surface area contributed by atoms with Crippen LogP contribution < -0.4 is 17.0 Å². The Labute approximate surface area is 83.6 Å². The first-order valence-electron chi connectivity index (χ1n) is 3.58. The molecule has 0 aliphatic rings. The number of rotatable bonds is 5. The van der Waals surface area contributed by atoms with Gasteiger partial charge in [-0.2, -0.15) is 0 Å². The molecule has 54 valence electrons. The molecule has 0 aromatic rings. The molecule has 0 aliphatic carbocycles. The molecule has 0 radical (unpaired) electrons. The van der Waals surface area contributed by atoms with E-state index in [0.29, 0.717) is 0 Å². The molecule has 0 atom stereocenters. The molecule has 1 nitrogen and oxygen atoms in total. The number of hydrogen-bond donors (Lipinski definition) is 0. The molecule has 0 N–H and O–H groups in total. The van der Waals surface area contributed by atoms with Crippen LogP contribution in [0, 0.1) is 11.3 Å². The van der Waals surface area contributed by atoms with Crippen molar-refractivity contribution in [3.63, 3.8) is 0 Å². The van der Waals surface area contributed by atoms with Crippen LogP contribution in [-0.4, -0.2) is 0 Å². The first kappa shape index (κ1) is 13.2. The van der Waals surface area contributed by atoms with Crippen LogP contribution in [0.3, 0.4) is 0 Å². The average molecular weight is 255 g/mol. The molecule has 0 aliphatic heterocycles. The van der Waals surface area contributed by atoms with Crippen LogP contribution in [-0.2, 0) is 18.3 Å². The summed E-state index contributed by atoms with van der Waals surface area (Å²) in [5.74, 6) is 0. The van der Waals surface area contributed by atoms with E-state index in [9.17, 15) is 0 Å². The van der Waals surface area contributed by atoms with Gasteiger partial charge in [0.2, 0.25) is 0 Å². The van der Waals surface area contributed by atoms with E-state index in [1.54, 1.807) is 0 Å². The predicted octanol–water partition coefficient (Wildman–Crippen LogP) is -0.570. The standard InChI is InChI=1S/C7H12N.BrH.Zn/c1-2-3-4-5-6-7-8;;/h1-6H2;1H;/q;;+1/p-1. The van der Waals surface area contributed by atoms with E-state index < -0.39 is 0 Å². The Bertz CT molecular complexity index is 90.1. The third-order valence-electron chi connectivity index (χ3n) is 1.29. The quantitative estimate of drug-likeness (QED) is 0.477. The molecule has 0 aromatic heterocycles. The smallest absolute Gasteiger partial charge is 1.00 e. The Morgan fingerprint density at radius 3 is 2.20 bits per heavy atom. The molecule has 0 unspecified atom stereocenters. The molecule has 0 aromatic carbocycles. The molecular weight excluding hydrogens is 243 g/mol.